The second-order valence-electron chi connectivity index (χ2n) is 3.62. The molecule has 1 atom stereocenters. The first-order valence-electron chi connectivity index (χ1n) is 5.00. The van der Waals surface area contributed by atoms with Gasteiger partial charge in [0.25, 0.3) is 5.91 Å². The summed E-state index contributed by atoms with van der Waals surface area (Å²) in [6.07, 6.45) is 0.647. The van der Waals surface area contributed by atoms with Crippen molar-refractivity contribution in [3.8, 4) is 0 Å². The molecule has 1 aromatic rings. The third-order valence-electron chi connectivity index (χ3n) is 2.08. The number of hydrogen-bond acceptors (Lipinski definition) is 2. The Morgan fingerprint density at radius 1 is 1.62 bits per heavy atom. The van der Waals surface area contributed by atoms with Crippen LogP contribution in [0, 0.1) is 5.82 Å². The third kappa shape index (κ3) is 3.47. The molecule has 1 unspecified atom stereocenters. The Labute approximate surface area is 98.8 Å². The molecular weight excluding hydrogens is 231 g/mol. The van der Waals surface area contributed by atoms with Gasteiger partial charge in [-0.25, -0.2) is 4.39 Å². The van der Waals surface area contributed by atoms with Crippen molar-refractivity contribution in [2.45, 2.75) is 19.4 Å². The molecule has 0 bridgehead atoms. The van der Waals surface area contributed by atoms with Gasteiger partial charge in [0.1, 0.15) is 0 Å². The van der Waals surface area contributed by atoms with Gasteiger partial charge in [0.2, 0.25) is 0 Å². The smallest absolute Gasteiger partial charge is 0.254 e. The van der Waals surface area contributed by atoms with E-state index in [2.05, 4.69) is 5.32 Å². The lowest BCUT2D eigenvalue weighted by molar-refractivity contribution is 0.0949. The van der Waals surface area contributed by atoms with Crippen LogP contribution in [-0.4, -0.2) is 18.5 Å². The van der Waals surface area contributed by atoms with E-state index in [9.17, 15) is 9.18 Å². The summed E-state index contributed by atoms with van der Waals surface area (Å²) in [7, 11) is 0. The molecule has 0 fully saturated rings. The average Bonchev–Trinajstić information content (AvgIpc) is 2.21. The standard InChI is InChI=1S/C11H14ClFN2O/c1-7(14)5-6-15-11(16)8-3-2-4-9(12)10(8)13/h2-4,7H,5-6,14H2,1H3,(H,15,16). The second-order valence-corrected chi connectivity index (χ2v) is 4.03. The van der Waals surface area contributed by atoms with Gasteiger partial charge in [-0.2, -0.15) is 0 Å². The van der Waals surface area contributed by atoms with Crippen LogP contribution in [0.1, 0.15) is 23.7 Å². The molecule has 3 N–H and O–H groups in total. The Morgan fingerprint density at radius 3 is 2.94 bits per heavy atom. The summed E-state index contributed by atoms with van der Waals surface area (Å²) in [6.45, 7) is 2.26. The molecule has 3 nitrogen and oxygen atoms in total. The predicted octanol–water partition coefficient (Wildman–Crippen LogP) is 1.95. The fraction of sp³-hybridized carbons (Fsp3) is 0.364. The number of carbonyl (C=O) groups excluding carboxylic acids is 1. The summed E-state index contributed by atoms with van der Waals surface area (Å²) in [4.78, 5) is 11.5. The molecule has 0 saturated carbocycles. The largest absolute Gasteiger partial charge is 0.352 e. The number of benzene rings is 1. The zero-order valence-corrected chi connectivity index (χ0v) is 9.72. The summed E-state index contributed by atoms with van der Waals surface area (Å²) in [5.74, 6) is -1.16. The minimum absolute atomic E-state index is 0.00417. The van der Waals surface area contributed by atoms with Crippen LogP contribution in [0.2, 0.25) is 5.02 Å². The first-order chi connectivity index (χ1) is 7.52. The first-order valence-corrected chi connectivity index (χ1v) is 5.38. The number of amides is 1. The van der Waals surface area contributed by atoms with Crippen LogP contribution in [0.5, 0.6) is 0 Å². The van der Waals surface area contributed by atoms with Crippen molar-refractivity contribution in [1.82, 2.24) is 5.32 Å². The summed E-state index contributed by atoms with van der Waals surface area (Å²) < 4.78 is 13.4. The van der Waals surface area contributed by atoms with E-state index in [0.29, 0.717) is 13.0 Å². The summed E-state index contributed by atoms with van der Waals surface area (Å²) in [5.41, 5.74) is 5.48. The van der Waals surface area contributed by atoms with E-state index < -0.39 is 11.7 Å². The predicted molar refractivity (Wildman–Crippen MR) is 62.0 cm³/mol. The van der Waals surface area contributed by atoms with Crippen molar-refractivity contribution in [3.63, 3.8) is 0 Å². The molecule has 0 aliphatic heterocycles. The van der Waals surface area contributed by atoms with Crippen molar-refractivity contribution < 1.29 is 9.18 Å². The van der Waals surface area contributed by atoms with Gasteiger partial charge in [-0.3, -0.25) is 4.79 Å². The molecular formula is C11H14ClFN2O. The Morgan fingerprint density at radius 2 is 2.31 bits per heavy atom. The molecule has 0 radical (unpaired) electrons. The normalized spacial score (nSPS) is 12.2. The van der Waals surface area contributed by atoms with E-state index in [4.69, 9.17) is 17.3 Å². The number of rotatable bonds is 4. The zero-order valence-electron chi connectivity index (χ0n) is 8.97. The Balaban J connectivity index is 2.63. The average molecular weight is 245 g/mol. The van der Waals surface area contributed by atoms with Crippen molar-refractivity contribution >= 4 is 17.5 Å². The molecule has 88 valence electrons. The first kappa shape index (κ1) is 12.9. The van der Waals surface area contributed by atoms with Gasteiger partial charge in [0, 0.05) is 12.6 Å². The molecule has 5 heteroatoms. The van der Waals surface area contributed by atoms with E-state index in [1.807, 2.05) is 6.92 Å². The van der Waals surface area contributed by atoms with Gasteiger partial charge in [-0.15, -0.1) is 0 Å². The van der Waals surface area contributed by atoms with Gasteiger partial charge >= 0.3 is 0 Å². The summed E-state index contributed by atoms with van der Waals surface area (Å²) in [6, 6.07) is 4.33. The van der Waals surface area contributed by atoms with E-state index >= 15 is 0 Å². The number of carbonyl (C=O) groups is 1. The fourth-order valence-electron chi connectivity index (χ4n) is 1.19. The highest BCUT2D eigenvalue weighted by Gasteiger charge is 2.13. The van der Waals surface area contributed by atoms with Crippen molar-refractivity contribution in [2.75, 3.05) is 6.54 Å². The van der Waals surface area contributed by atoms with Crippen LogP contribution in [0.3, 0.4) is 0 Å². The minimum Gasteiger partial charge on any atom is -0.352 e. The summed E-state index contributed by atoms with van der Waals surface area (Å²) >= 11 is 5.57. The maximum atomic E-state index is 13.4. The Kier molecular flexibility index (Phi) is 4.71. The number of halogens is 2. The molecule has 0 aliphatic rings. The van der Waals surface area contributed by atoms with Crippen LogP contribution in [0.4, 0.5) is 4.39 Å². The van der Waals surface area contributed by atoms with Crippen LogP contribution in [-0.2, 0) is 0 Å². The molecule has 1 aromatic carbocycles. The molecule has 0 aliphatic carbocycles. The van der Waals surface area contributed by atoms with Crippen molar-refractivity contribution in [3.05, 3.63) is 34.6 Å². The fourth-order valence-corrected chi connectivity index (χ4v) is 1.36. The highest BCUT2D eigenvalue weighted by molar-refractivity contribution is 6.31. The Hall–Kier alpha value is -1.13. The lowest BCUT2D eigenvalue weighted by Crippen LogP contribution is -2.29. The van der Waals surface area contributed by atoms with Crippen molar-refractivity contribution in [1.29, 1.82) is 0 Å². The maximum absolute atomic E-state index is 13.4. The van der Waals surface area contributed by atoms with E-state index in [1.165, 1.54) is 18.2 Å². The molecule has 0 spiro atoms. The van der Waals surface area contributed by atoms with Crippen LogP contribution in [0.15, 0.2) is 18.2 Å². The van der Waals surface area contributed by atoms with E-state index in [-0.39, 0.29) is 16.6 Å². The molecule has 1 amide bonds. The lowest BCUT2D eigenvalue weighted by Gasteiger charge is -2.08. The highest BCUT2D eigenvalue weighted by atomic mass is 35.5. The number of hydrogen-bond donors (Lipinski definition) is 2. The van der Waals surface area contributed by atoms with Crippen LogP contribution < -0.4 is 11.1 Å². The maximum Gasteiger partial charge on any atom is 0.254 e. The van der Waals surface area contributed by atoms with Gasteiger partial charge in [0.15, 0.2) is 5.82 Å². The third-order valence-corrected chi connectivity index (χ3v) is 2.37. The molecule has 0 saturated heterocycles. The van der Waals surface area contributed by atoms with Gasteiger partial charge in [-0.1, -0.05) is 17.7 Å². The molecule has 1 rings (SSSR count). The Bertz CT molecular complexity index is 382. The summed E-state index contributed by atoms with van der Waals surface area (Å²) in [5, 5.41) is 2.53. The quantitative estimate of drug-likeness (QED) is 0.851. The minimum atomic E-state index is -0.692. The van der Waals surface area contributed by atoms with E-state index in [1.54, 1.807) is 0 Å². The monoisotopic (exact) mass is 244 g/mol. The van der Waals surface area contributed by atoms with Crippen molar-refractivity contribution in [2.24, 2.45) is 5.73 Å². The van der Waals surface area contributed by atoms with Crippen LogP contribution >= 0.6 is 11.6 Å². The second kappa shape index (κ2) is 5.82. The SMILES string of the molecule is CC(N)CCNC(=O)c1cccc(Cl)c1F. The molecule has 0 aromatic heterocycles. The highest BCUT2D eigenvalue weighted by Crippen LogP contribution is 2.17. The number of nitrogens with two attached hydrogens (primary N) is 1. The van der Waals surface area contributed by atoms with E-state index in [0.717, 1.165) is 0 Å². The lowest BCUT2D eigenvalue weighted by atomic mass is 10.2. The van der Waals surface area contributed by atoms with Gasteiger partial charge < -0.3 is 11.1 Å². The van der Waals surface area contributed by atoms with Gasteiger partial charge in [0.05, 0.1) is 10.6 Å². The zero-order chi connectivity index (χ0) is 12.1. The van der Waals surface area contributed by atoms with Gasteiger partial charge in [-0.05, 0) is 25.5 Å². The molecule has 0 heterocycles. The number of nitrogens with one attached hydrogen (secondary N) is 1. The van der Waals surface area contributed by atoms with Crippen LogP contribution in [0.25, 0.3) is 0 Å². The molecule has 16 heavy (non-hydrogen) atoms. The topological polar surface area (TPSA) is 55.1 Å².